The molecule has 1 rings (SSSR count). The van der Waals surface area contributed by atoms with Crippen LogP contribution in [0.4, 0.5) is 4.39 Å². The van der Waals surface area contributed by atoms with Gasteiger partial charge in [-0.15, -0.1) is 12.4 Å². The number of hydrogen-bond acceptors (Lipinski definition) is 2. The second-order valence-corrected chi connectivity index (χ2v) is 5.83. The molecule has 2 nitrogen and oxygen atoms in total. The van der Waals surface area contributed by atoms with Gasteiger partial charge in [-0.25, -0.2) is 4.39 Å². The fraction of sp³-hybridized carbons (Fsp3) is 0.538. The predicted molar refractivity (Wildman–Crippen MR) is 75.7 cm³/mol. The van der Waals surface area contributed by atoms with Crippen molar-refractivity contribution in [2.24, 2.45) is 11.1 Å². The zero-order valence-corrected chi connectivity index (χ0v) is 12.4. The van der Waals surface area contributed by atoms with Crippen LogP contribution >= 0.6 is 24.0 Å². The highest BCUT2D eigenvalue weighted by atomic mass is 35.5. The molecule has 0 aliphatic carbocycles. The highest BCUT2D eigenvalue weighted by Crippen LogP contribution is 2.28. The molecule has 1 aromatic carbocycles. The van der Waals surface area contributed by atoms with Crippen LogP contribution in [0.25, 0.3) is 0 Å². The second kappa shape index (κ2) is 6.71. The third-order valence-electron chi connectivity index (χ3n) is 2.91. The molecule has 0 saturated heterocycles. The van der Waals surface area contributed by atoms with Crippen LogP contribution in [0.1, 0.15) is 38.9 Å². The van der Waals surface area contributed by atoms with E-state index in [1.54, 1.807) is 6.07 Å². The van der Waals surface area contributed by atoms with Crippen LogP contribution in [0.3, 0.4) is 0 Å². The summed E-state index contributed by atoms with van der Waals surface area (Å²) in [5.74, 6) is -0.494. The average molecular weight is 296 g/mol. The van der Waals surface area contributed by atoms with Crippen LogP contribution in [-0.2, 0) is 0 Å². The molecule has 0 amide bonds. The molecular weight excluding hydrogens is 276 g/mol. The van der Waals surface area contributed by atoms with Gasteiger partial charge in [0.1, 0.15) is 5.82 Å². The Bertz CT molecular complexity index is 393. The van der Waals surface area contributed by atoms with Crippen molar-refractivity contribution in [3.63, 3.8) is 0 Å². The number of hydrogen-bond donors (Lipinski definition) is 2. The molecule has 0 aliphatic rings. The molecule has 0 aromatic heterocycles. The zero-order valence-electron chi connectivity index (χ0n) is 10.8. The van der Waals surface area contributed by atoms with E-state index in [9.17, 15) is 9.50 Å². The van der Waals surface area contributed by atoms with Crippen molar-refractivity contribution in [1.29, 1.82) is 0 Å². The minimum atomic E-state index is -0.901. The number of aliphatic hydroxyl groups excluding tert-OH is 1. The van der Waals surface area contributed by atoms with Gasteiger partial charge < -0.3 is 10.8 Å². The minimum absolute atomic E-state index is 0. The normalized spacial score (nSPS) is 14.8. The van der Waals surface area contributed by atoms with Crippen molar-refractivity contribution in [2.45, 2.75) is 39.3 Å². The first-order chi connectivity index (χ1) is 7.71. The fourth-order valence-corrected chi connectivity index (χ4v) is 1.65. The summed E-state index contributed by atoms with van der Waals surface area (Å²) >= 11 is 5.65. The summed E-state index contributed by atoms with van der Waals surface area (Å²) in [5.41, 5.74) is 6.08. The van der Waals surface area contributed by atoms with E-state index in [1.165, 1.54) is 12.1 Å². The molecule has 1 aromatic rings. The Hall–Kier alpha value is -0.350. The van der Waals surface area contributed by atoms with E-state index in [4.69, 9.17) is 17.3 Å². The molecule has 5 heteroatoms. The third kappa shape index (κ3) is 4.73. The van der Waals surface area contributed by atoms with E-state index in [0.29, 0.717) is 11.4 Å². The zero-order chi connectivity index (χ0) is 13.2. The molecular formula is C13H20Cl2FNO. The first kappa shape index (κ1) is 17.6. The maximum absolute atomic E-state index is 13.6. The smallest absolute Gasteiger partial charge is 0.130 e. The molecule has 2 atom stereocenters. The number of halogens is 3. The molecule has 0 aliphatic heterocycles. The summed E-state index contributed by atoms with van der Waals surface area (Å²) in [6.45, 7) is 5.97. The van der Waals surface area contributed by atoms with Gasteiger partial charge in [-0.2, -0.15) is 0 Å². The summed E-state index contributed by atoms with van der Waals surface area (Å²) in [6.07, 6.45) is -0.580. The lowest BCUT2D eigenvalue weighted by atomic mass is 9.83. The number of aliphatic hydroxyl groups is 1. The summed E-state index contributed by atoms with van der Waals surface area (Å²) in [5, 5.41) is 10.3. The van der Waals surface area contributed by atoms with Crippen LogP contribution in [0.2, 0.25) is 5.02 Å². The van der Waals surface area contributed by atoms with E-state index >= 15 is 0 Å². The summed E-state index contributed by atoms with van der Waals surface area (Å²) in [6, 6.07) is 4.05. The molecule has 0 radical (unpaired) electrons. The molecule has 0 saturated carbocycles. The third-order valence-corrected chi connectivity index (χ3v) is 3.15. The van der Waals surface area contributed by atoms with Gasteiger partial charge in [0.15, 0.2) is 0 Å². The van der Waals surface area contributed by atoms with Crippen molar-refractivity contribution in [2.75, 3.05) is 0 Å². The molecule has 104 valence electrons. The van der Waals surface area contributed by atoms with Gasteiger partial charge in [-0.1, -0.05) is 38.4 Å². The van der Waals surface area contributed by atoms with Crippen LogP contribution in [0.15, 0.2) is 18.2 Å². The molecule has 0 unspecified atom stereocenters. The Labute approximate surface area is 119 Å². The summed E-state index contributed by atoms with van der Waals surface area (Å²) < 4.78 is 13.6. The SMILES string of the molecule is CC(C)(C)[C@H](N)C[C@@H](O)c1ccc(Cl)cc1F.Cl. The van der Waals surface area contributed by atoms with Crippen LogP contribution in [-0.4, -0.2) is 11.1 Å². The average Bonchev–Trinajstić information content (AvgIpc) is 2.15. The topological polar surface area (TPSA) is 46.2 Å². The molecule has 0 fully saturated rings. The highest BCUT2D eigenvalue weighted by molar-refractivity contribution is 6.30. The summed E-state index contributed by atoms with van der Waals surface area (Å²) in [4.78, 5) is 0. The van der Waals surface area contributed by atoms with Gasteiger partial charge in [-0.3, -0.25) is 0 Å². The second-order valence-electron chi connectivity index (χ2n) is 5.39. The van der Waals surface area contributed by atoms with Gasteiger partial charge >= 0.3 is 0 Å². The van der Waals surface area contributed by atoms with E-state index in [1.807, 2.05) is 20.8 Å². The van der Waals surface area contributed by atoms with Gasteiger partial charge in [-0.05, 0) is 24.0 Å². The lowest BCUT2D eigenvalue weighted by molar-refractivity contribution is 0.130. The van der Waals surface area contributed by atoms with E-state index < -0.39 is 11.9 Å². The van der Waals surface area contributed by atoms with Gasteiger partial charge in [0.2, 0.25) is 0 Å². The number of rotatable bonds is 3. The lowest BCUT2D eigenvalue weighted by Crippen LogP contribution is -2.36. The monoisotopic (exact) mass is 295 g/mol. The quantitative estimate of drug-likeness (QED) is 0.893. The summed E-state index contributed by atoms with van der Waals surface area (Å²) in [7, 11) is 0. The maximum atomic E-state index is 13.6. The van der Waals surface area contributed by atoms with Gasteiger partial charge in [0.05, 0.1) is 6.10 Å². The van der Waals surface area contributed by atoms with E-state index in [-0.39, 0.29) is 29.4 Å². The first-order valence-electron chi connectivity index (χ1n) is 5.60. The lowest BCUT2D eigenvalue weighted by Gasteiger charge is -2.29. The van der Waals surface area contributed by atoms with Crippen molar-refractivity contribution in [3.8, 4) is 0 Å². The molecule has 3 N–H and O–H groups in total. The molecule has 0 spiro atoms. The van der Waals surface area contributed by atoms with Crippen molar-refractivity contribution in [1.82, 2.24) is 0 Å². The Morgan fingerprint density at radius 2 is 1.94 bits per heavy atom. The van der Waals surface area contributed by atoms with Crippen LogP contribution < -0.4 is 5.73 Å². The highest BCUT2D eigenvalue weighted by Gasteiger charge is 2.25. The fourth-order valence-electron chi connectivity index (χ4n) is 1.49. The molecule has 18 heavy (non-hydrogen) atoms. The van der Waals surface area contributed by atoms with Gasteiger partial charge in [0, 0.05) is 16.6 Å². The predicted octanol–water partition coefficient (Wildman–Crippen LogP) is 3.70. The van der Waals surface area contributed by atoms with Crippen LogP contribution in [0, 0.1) is 11.2 Å². The Morgan fingerprint density at radius 1 is 1.39 bits per heavy atom. The Kier molecular flexibility index (Phi) is 6.58. The first-order valence-corrected chi connectivity index (χ1v) is 5.98. The largest absolute Gasteiger partial charge is 0.388 e. The van der Waals surface area contributed by atoms with Gasteiger partial charge in [0.25, 0.3) is 0 Å². The number of nitrogens with two attached hydrogens (primary N) is 1. The standard InChI is InChI=1S/C13H19ClFNO.ClH/c1-13(2,3)12(16)7-11(17)9-5-4-8(14)6-10(9)15;/h4-6,11-12,17H,7,16H2,1-3H3;1H/t11-,12-;/m1./s1. The minimum Gasteiger partial charge on any atom is -0.388 e. The van der Waals surface area contributed by atoms with Crippen LogP contribution in [0.5, 0.6) is 0 Å². The van der Waals surface area contributed by atoms with Crippen molar-refractivity contribution >= 4 is 24.0 Å². The molecule has 0 bridgehead atoms. The Morgan fingerprint density at radius 3 is 2.39 bits per heavy atom. The number of benzene rings is 1. The maximum Gasteiger partial charge on any atom is 0.130 e. The Balaban J connectivity index is 0.00000289. The van der Waals surface area contributed by atoms with E-state index in [2.05, 4.69) is 0 Å². The molecule has 0 heterocycles. The van der Waals surface area contributed by atoms with Crippen molar-refractivity contribution < 1.29 is 9.50 Å². The van der Waals surface area contributed by atoms with Crippen molar-refractivity contribution in [3.05, 3.63) is 34.6 Å². The van der Waals surface area contributed by atoms with E-state index in [0.717, 1.165) is 0 Å².